The minimum absolute atomic E-state index is 0.401. The van der Waals surface area contributed by atoms with Crippen molar-refractivity contribution in [1.29, 1.82) is 0 Å². The predicted molar refractivity (Wildman–Crippen MR) is 57.4 cm³/mol. The lowest BCUT2D eigenvalue weighted by Crippen LogP contribution is -2.00. The van der Waals surface area contributed by atoms with Crippen molar-refractivity contribution in [1.82, 2.24) is 9.78 Å². The molecule has 0 saturated heterocycles. The van der Waals surface area contributed by atoms with Crippen molar-refractivity contribution in [3.8, 4) is 0 Å². The van der Waals surface area contributed by atoms with Crippen LogP contribution in [0.15, 0.2) is 18.9 Å². The quantitative estimate of drug-likeness (QED) is 0.691. The number of hydrogen-bond acceptors (Lipinski definition) is 1. The predicted octanol–water partition coefficient (Wildman–Crippen LogP) is 3.14. The zero-order valence-electron chi connectivity index (χ0n) is 8.49. The lowest BCUT2D eigenvalue weighted by Gasteiger charge is -2.02. The highest BCUT2D eigenvalue weighted by atomic mass is 15.3. The maximum absolute atomic E-state index is 4.43. The first-order chi connectivity index (χ1) is 6.19. The van der Waals surface area contributed by atoms with Gasteiger partial charge in [0.1, 0.15) is 0 Å². The van der Waals surface area contributed by atoms with Gasteiger partial charge in [0.25, 0.3) is 0 Å². The third-order valence-electron chi connectivity index (χ3n) is 1.86. The molecule has 1 rings (SSSR count). The highest BCUT2D eigenvalue weighted by Crippen LogP contribution is 2.13. The lowest BCUT2D eigenvalue weighted by molar-refractivity contribution is 0.531. The minimum Gasteiger partial charge on any atom is -0.269 e. The largest absolute Gasteiger partial charge is 0.269 e. The van der Waals surface area contributed by atoms with Gasteiger partial charge in [0, 0.05) is 17.8 Å². The molecule has 0 spiro atoms. The fraction of sp³-hybridized carbons (Fsp3) is 0.364. The second-order valence-corrected chi connectivity index (χ2v) is 3.25. The molecule has 0 bridgehead atoms. The molecule has 0 fully saturated rings. The minimum atomic E-state index is 0.401. The normalized spacial score (nSPS) is 11.4. The first-order valence-electron chi connectivity index (χ1n) is 4.53. The topological polar surface area (TPSA) is 17.8 Å². The summed E-state index contributed by atoms with van der Waals surface area (Å²) in [6, 6.07) is 0.401. The molecule has 13 heavy (non-hydrogen) atoms. The fourth-order valence-electron chi connectivity index (χ4n) is 1.13. The Morgan fingerprint density at radius 1 is 1.54 bits per heavy atom. The van der Waals surface area contributed by atoms with E-state index in [4.69, 9.17) is 0 Å². The van der Waals surface area contributed by atoms with Gasteiger partial charge in [-0.3, -0.25) is 4.68 Å². The van der Waals surface area contributed by atoms with Crippen molar-refractivity contribution in [2.45, 2.75) is 26.8 Å². The van der Waals surface area contributed by atoms with Gasteiger partial charge in [0.2, 0.25) is 0 Å². The zero-order valence-corrected chi connectivity index (χ0v) is 8.49. The van der Waals surface area contributed by atoms with Gasteiger partial charge in [-0.25, -0.2) is 0 Å². The summed E-state index contributed by atoms with van der Waals surface area (Å²) in [6.45, 7) is 9.97. The number of hydrogen-bond donors (Lipinski definition) is 0. The average Bonchev–Trinajstić information content (AvgIpc) is 2.48. The summed E-state index contributed by atoms with van der Waals surface area (Å²) in [5, 5.41) is 4.43. The van der Waals surface area contributed by atoms with Crippen LogP contribution in [-0.4, -0.2) is 9.78 Å². The third kappa shape index (κ3) is 2.08. The highest BCUT2D eigenvalue weighted by Gasteiger charge is 2.04. The number of rotatable bonds is 3. The lowest BCUT2D eigenvalue weighted by atomic mass is 10.2. The van der Waals surface area contributed by atoms with E-state index in [0.29, 0.717) is 6.04 Å². The van der Waals surface area contributed by atoms with Crippen LogP contribution in [0.3, 0.4) is 0 Å². The molecule has 70 valence electrons. The smallest absolute Gasteiger partial charge is 0.0919 e. The van der Waals surface area contributed by atoms with Gasteiger partial charge in [0.15, 0.2) is 0 Å². The molecule has 0 aliphatic rings. The SMILES string of the molecule is C=Cc1cn(C(C)C)nc1/C=C\C. The Hall–Kier alpha value is -1.31. The van der Waals surface area contributed by atoms with E-state index in [9.17, 15) is 0 Å². The van der Waals surface area contributed by atoms with Crippen molar-refractivity contribution in [3.63, 3.8) is 0 Å². The molecule has 2 nitrogen and oxygen atoms in total. The fourth-order valence-corrected chi connectivity index (χ4v) is 1.13. The third-order valence-corrected chi connectivity index (χ3v) is 1.86. The van der Waals surface area contributed by atoms with Crippen LogP contribution >= 0.6 is 0 Å². The van der Waals surface area contributed by atoms with Gasteiger partial charge in [0.05, 0.1) is 5.69 Å². The van der Waals surface area contributed by atoms with Crippen molar-refractivity contribution >= 4 is 12.2 Å². The van der Waals surface area contributed by atoms with Crippen LogP contribution in [0.4, 0.5) is 0 Å². The molecular weight excluding hydrogens is 160 g/mol. The van der Waals surface area contributed by atoms with Crippen LogP contribution in [-0.2, 0) is 0 Å². The second kappa shape index (κ2) is 4.08. The summed E-state index contributed by atoms with van der Waals surface area (Å²) >= 11 is 0. The van der Waals surface area contributed by atoms with Gasteiger partial charge in [-0.2, -0.15) is 5.10 Å². The van der Waals surface area contributed by atoms with Crippen molar-refractivity contribution in [2.75, 3.05) is 0 Å². The van der Waals surface area contributed by atoms with E-state index >= 15 is 0 Å². The Morgan fingerprint density at radius 2 is 2.23 bits per heavy atom. The zero-order chi connectivity index (χ0) is 9.84. The monoisotopic (exact) mass is 176 g/mol. The number of allylic oxidation sites excluding steroid dienone is 1. The van der Waals surface area contributed by atoms with E-state index in [2.05, 4.69) is 25.5 Å². The van der Waals surface area contributed by atoms with Crippen molar-refractivity contribution in [2.24, 2.45) is 0 Å². The van der Waals surface area contributed by atoms with Crippen LogP contribution in [0.25, 0.3) is 12.2 Å². The first-order valence-corrected chi connectivity index (χ1v) is 4.53. The Balaban J connectivity index is 3.11. The molecule has 1 aromatic rings. The van der Waals surface area contributed by atoms with Crippen LogP contribution < -0.4 is 0 Å². The Labute approximate surface area is 79.6 Å². The van der Waals surface area contributed by atoms with Crippen LogP contribution in [0.2, 0.25) is 0 Å². The van der Waals surface area contributed by atoms with Gasteiger partial charge in [-0.1, -0.05) is 18.7 Å². The Morgan fingerprint density at radius 3 is 2.69 bits per heavy atom. The summed E-state index contributed by atoms with van der Waals surface area (Å²) < 4.78 is 1.95. The molecule has 0 unspecified atom stereocenters. The average molecular weight is 176 g/mol. The first kappa shape index (κ1) is 9.78. The Kier molecular flexibility index (Phi) is 3.07. The standard InChI is InChI=1S/C11H16N2/c1-5-7-11-10(6-2)8-13(12-11)9(3)4/h5-9H,2H2,1,3-4H3/b7-5-. The van der Waals surface area contributed by atoms with Gasteiger partial charge >= 0.3 is 0 Å². The molecule has 0 amide bonds. The van der Waals surface area contributed by atoms with Gasteiger partial charge in [-0.05, 0) is 26.8 Å². The van der Waals surface area contributed by atoms with E-state index in [0.717, 1.165) is 11.3 Å². The van der Waals surface area contributed by atoms with Crippen molar-refractivity contribution in [3.05, 3.63) is 30.1 Å². The van der Waals surface area contributed by atoms with Crippen LogP contribution in [0, 0.1) is 0 Å². The van der Waals surface area contributed by atoms with E-state index in [1.165, 1.54) is 0 Å². The van der Waals surface area contributed by atoms with E-state index in [1.54, 1.807) is 0 Å². The summed E-state index contributed by atoms with van der Waals surface area (Å²) in [4.78, 5) is 0. The second-order valence-electron chi connectivity index (χ2n) is 3.25. The molecule has 0 aliphatic heterocycles. The van der Waals surface area contributed by atoms with E-state index in [1.807, 2.05) is 36.0 Å². The molecule has 0 aliphatic carbocycles. The van der Waals surface area contributed by atoms with Gasteiger partial charge in [-0.15, -0.1) is 0 Å². The molecule has 0 atom stereocenters. The molecule has 0 radical (unpaired) electrons. The van der Waals surface area contributed by atoms with E-state index < -0.39 is 0 Å². The summed E-state index contributed by atoms with van der Waals surface area (Å²) in [7, 11) is 0. The summed E-state index contributed by atoms with van der Waals surface area (Å²) in [6.07, 6.45) is 7.84. The highest BCUT2D eigenvalue weighted by molar-refractivity contribution is 5.60. The number of aromatic nitrogens is 2. The molecule has 0 saturated carbocycles. The summed E-state index contributed by atoms with van der Waals surface area (Å²) in [5.74, 6) is 0. The summed E-state index contributed by atoms with van der Waals surface area (Å²) in [5.41, 5.74) is 2.08. The Bertz CT molecular complexity index is 319. The molecule has 1 aromatic heterocycles. The van der Waals surface area contributed by atoms with Crippen LogP contribution in [0.5, 0.6) is 0 Å². The number of nitrogens with zero attached hydrogens (tertiary/aromatic N) is 2. The van der Waals surface area contributed by atoms with Gasteiger partial charge < -0.3 is 0 Å². The van der Waals surface area contributed by atoms with Crippen LogP contribution in [0.1, 0.15) is 38.1 Å². The molecule has 2 heteroatoms. The maximum atomic E-state index is 4.43. The molecule has 1 heterocycles. The molecule has 0 N–H and O–H groups in total. The van der Waals surface area contributed by atoms with E-state index in [-0.39, 0.29) is 0 Å². The molecular formula is C11H16N2. The maximum Gasteiger partial charge on any atom is 0.0919 e. The van der Waals surface area contributed by atoms with Crippen molar-refractivity contribution < 1.29 is 0 Å². The molecule has 0 aromatic carbocycles.